The topological polar surface area (TPSA) is 59.5 Å². The number of likely N-dealkylation sites (tertiary alicyclic amines) is 1. The number of aromatic nitrogens is 1. The smallest absolute Gasteiger partial charge is 0.263 e. The summed E-state index contributed by atoms with van der Waals surface area (Å²) in [4.78, 5) is 28.2. The summed E-state index contributed by atoms with van der Waals surface area (Å²) in [6.45, 7) is 3.36. The van der Waals surface area contributed by atoms with E-state index in [-0.39, 0.29) is 5.91 Å². The summed E-state index contributed by atoms with van der Waals surface area (Å²) in [6.07, 6.45) is 3.73. The number of ether oxygens (including phenoxy) is 1. The van der Waals surface area contributed by atoms with Gasteiger partial charge in [0.2, 0.25) is 0 Å². The fourth-order valence-corrected chi connectivity index (χ4v) is 1.98. The van der Waals surface area contributed by atoms with Crippen molar-refractivity contribution >= 4 is 12.2 Å². The molecule has 1 atom stereocenters. The molecule has 18 heavy (non-hydrogen) atoms. The summed E-state index contributed by atoms with van der Waals surface area (Å²) in [5.74, 6) is 0.507. The summed E-state index contributed by atoms with van der Waals surface area (Å²) in [5.41, 5.74) is 0.348. The van der Waals surface area contributed by atoms with E-state index in [0.29, 0.717) is 17.7 Å². The van der Waals surface area contributed by atoms with Crippen LogP contribution in [0.25, 0.3) is 0 Å². The molecule has 1 aromatic rings. The lowest BCUT2D eigenvalue weighted by Crippen LogP contribution is -2.38. The van der Waals surface area contributed by atoms with Crippen LogP contribution in [-0.4, -0.2) is 41.3 Å². The fraction of sp³-hybridized carbons (Fsp3) is 0.462. The summed E-state index contributed by atoms with van der Waals surface area (Å²) in [7, 11) is 0. The second-order valence-electron chi connectivity index (χ2n) is 4.33. The monoisotopic (exact) mass is 248 g/mol. The molecule has 0 spiro atoms. The van der Waals surface area contributed by atoms with E-state index < -0.39 is 6.10 Å². The maximum Gasteiger partial charge on any atom is 0.263 e. The highest BCUT2D eigenvalue weighted by atomic mass is 16.5. The van der Waals surface area contributed by atoms with Gasteiger partial charge in [-0.15, -0.1) is 0 Å². The number of carbonyl (C=O) groups excluding carboxylic acids is 2. The summed E-state index contributed by atoms with van der Waals surface area (Å²) >= 11 is 0. The van der Waals surface area contributed by atoms with Crippen molar-refractivity contribution in [2.75, 3.05) is 13.1 Å². The Balaban J connectivity index is 1.94. The van der Waals surface area contributed by atoms with E-state index in [0.717, 1.165) is 25.9 Å². The minimum Gasteiger partial charge on any atom is -0.479 e. The van der Waals surface area contributed by atoms with Gasteiger partial charge in [-0.05, 0) is 31.9 Å². The first-order valence-corrected chi connectivity index (χ1v) is 6.07. The summed E-state index contributed by atoms with van der Waals surface area (Å²) < 4.78 is 5.52. The van der Waals surface area contributed by atoms with Gasteiger partial charge in [-0.25, -0.2) is 4.98 Å². The van der Waals surface area contributed by atoms with Gasteiger partial charge in [-0.3, -0.25) is 9.59 Å². The number of amides is 1. The van der Waals surface area contributed by atoms with E-state index in [1.54, 1.807) is 19.1 Å². The van der Waals surface area contributed by atoms with Gasteiger partial charge in [0, 0.05) is 13.1 Å². The maximum absolute atomic E-state index is 12.0. The van der Waals surface area contributed by atoms with Crippen LogP contribution in [-0.2, 0) is 4.79 Å². The molecule has 5 nitrogen and oxygen atoms in total. The molecule has 2 heterocycles. The average Bonchev–Trinajstić information content (AvgIpc) is 2.92. The predicted octanol–water partition coefficient (Wildman–Crippen LogP) is 1.28. The number of hydrogen-bond acceptors (Lipinski definition) is 4. The van der Waals surface area contributed by atoms with E-state index in [2.05, 4.69) is 4.98 Å². The zero-order valence-corrected chi connectivity index (χ0v) is 10.3. The van der Waals surface area contributed by atoms with Crippen LogP contribution in [0.15, 0.2) is 18.3 Å². The van der Waals surface area contributed by atoms with Gasteiger partial charge in [0.1, 0.15) is 11.4 Å². The predicted molar refractivity (Wildman–Crippen MR) is 65.5 cm³/mol. The van der Waals surface area contributed by atoms with Gasteiger partial charge >= 0.3 is 0 Å². The third kappa shape index (κ3) is 2.85. The SMILES string of the molecule is CC(Oc1ccc(C=O)nc1)C(=O)N1CCCC1. The Hall–Kier alpha value is -1.91. The molecule has 1 saturated heterocycles. The van der Waals surface area contributed by atoms with Gasteiger partial charge in [0.05, 0.1) is 6.20 Å². The molecule has 0 bridgehead atoms. The first kappa shape index (κ1) is 12.5. The van der Waals surface area contributed by atoms with Crippen molar-refractivity contribution in [2.45, 2.75) is 25.9 Å². The van der Waals surface area contributed by atoms with Crippen molar-refractivity contribution < 1.29 is 14.3 Å². The number of nitrogens with zero attached hydrogens (tertiary/aromatic N) is 2. The first-order chi connectivity index (χ1) is 8.70. The highest BCUT2D eigenvalue weighted by Crippen LogP contribution is 2.14. The van der Waals surface area contributed by atoms with Crippen LogP contribution in [0.1, 0.15) is 30.3 Å². The molecule has 2 rings (SSSR count). The Labute approximate surface area is 106 Å². The van der Waals surface area contributed by atoms with Crippen LogP contribution in [0, 0.1) is 0 Å². The van der Waals surface area contributed by atoms with E-state index >= 15 is 0 Å². The number of pyridine rings is 1. The van der Waals surface area contributed by atoms with E-state index in [1.165, 1.54) is 6.20 Å². The molecule has 96 valence electrons. The number of rotatable bonds is 4. The third-order valence-corrected chi connectivity index (χ3v) is 2.96. The van der Waals surface area contributed by atoms with Crippen molar-refractivity contribution in [3.05, 3.63) is 24.0 Å². The Morgan fingerprint density at radius 2 is 2.17 bits per heavy atom. The molecule has 0 aliphatic carbocycles. The van der Waals surface area contributed by atoms with Crippen LogP contribution in [0.5, 0.6) is 5.75 Å². The summed E-state index contributed by atoms with van der Waals surface area (Å²) in [5, 5.41) is 0. The van der Waals surface area contributed by atoms with E-state index in [1.807, 2.05) is 4.90 Å². The molecule has 5 heteroatoms. The lowest BCUT2D eigenvalue weighted by molar-refractivity contribution is -0.136. The van der Waals surface area contributed by atoms with Gasteiger partial charge in [-0.1, -0.05) is 0 Å². The molecule has 1 fully saturated rings. The van der Waals surface area contributed by atoms with Crippen LogP contribution >= 0.6 is 0 Å². The maximum atomic E-state index is 12.0. The number of carbonyl (C=O) groups is 2. The Morgan fingerprint density at radius 1 is 1.44 bits per heavy atom. The van der Waals surface area contributed by atoms with Gasteiger partial charge < -0.3 is 9.64 Å². The van der Waals surface area contributed by atoms with Crippen LogP contribution < -0.4 is 4.74 Å². The first-order valence-electron chi connectivity index (χ1n) is 6.07. The molecule has 0 radical (unpaired) electrons. The second-order valence-corrected chi connectivity index (χ2v) is 4.33. The number of hydrogen-bond donors (Lipinski definition) is 0. The molecular formula is C13H16N2O3. The Morgan fingerprint density at radius 3 is 2.72 bits per heavy atom. The molecule has 0 saturated carbocycles. The lowest BCUT2D eigenvalue weighted by atomic mass is 10.3. The average molecular weight is 248 g/mol. The fourth-order valence-electron chi connectivity index (χ4n) is 1.98. The van der Waals surface area contributed by atoms with E-state index in [9.17, 15) is 9.59 Å². The molecule has 1 unspecified atom stereocenters. The zero-order chi connectivity index (χ0) is 13.0. The Bertz CT molecular complexity index is 424. The molecular weight excluding hydrogens is 232 g/mol. The zero-order valence-electron chi connectivity index (χ0n) is 10.3. The van der Waals surface area contributed by atoms with Crippen molar-refractivity contribution in [1.82, 2.24) is 9.88 Å². The Kier molecular flexibility index (Phi) is 3.92. The van der Waals surface area contributed by atoms with Gasteiger partial charge in [0.15, 0.2) is 12.4 Å². The minimum absolute atomic E-state index is 0.00645. The molecule has 1 aromatic heterocycles. The highest BCUT2D eigenvalue weighted by Gasteiger charge is 2.24. The summed E-state index contributed by atoms with van der Waals surface area (Å²) in [6, 6.07) is 3.21. The minimum atomic E-state index is -0.521. The largest absolute Gasteiger partial charge is 0.479 e. The highest BCUT2D eigenvalue weighted by molar-refractivity contribution is 5.81. The van der Waals surface area contributed by atoms with Crippen molar-refractivity contribution in [3.63, 3.8) is 0 Å². The lowest BCUT2D eigenvalue weighted by Gasteiger charge is -2.21. The van der Waals surface area contributed by atoms with Crippen LogP contribution in [0.3, 0.4) is 0 Å². The quantitative estimate of drug-likeness (QED) is 0.753. The van der Waals surface area contributed by atoms with Crippen LogP contribution in [0.4, 0.5) is 0 Å². The molecule has 0 aromatic carbocycles. The third-order valence-electron chi connectivity index (χ3n) is 2.96. The van der Waals surface area contributed by atoms with Crippen molar-refractivity contribution in [1.29, 1.82) is 0 Å². The number of aldehydes is 1. The molecule has 0 N–H and O–H groups in total. The standard InChI is InChI=1S/C13H16N2O3/c1-10(13(17)15-6-2-3-7-15)18-12-5-4-11(9-16)14-8-12/h4-5,8-10H,2-3,6-7H2,1H3. The molecule has 1 aliphatic rings. The normalized spacial score (nSPS) is 16.4. The van der Waals surface area contributed by atoms with Crippen molar-refractivity contribution in [3.8, 4) is 5.75 Å². The van der Waals surface area contributed by atoms with Gasteiger partial charge in [0.25, 0.3) is 5.91 Å². The van der Waals surface area contributed by atoms with E-state index in [4.69, 9.17) is 4.74 Å². The second kappa shape index (κ2) is 5.62. The molecule has 1 amide bonds. The molecule has 1 aliphatic heterocycles. The van der Waals surface area contributed by atoms with Crippen molar-refractivity contribution in [2.24, 2.45) is 0 Å². The van der Waals surface area contributed by atoms with Gasteiger partial charge in [-0.2, -0.15) is 0 Å². The van der Waals surface area contributed by atoms with Crippen LogP contribution in [0.2, 0.25) is 0 Å².